The van der Waals surface area contributed by atoms with E-state index in [0.717, 1.165) is 18.2 Å². The van der Waals surface area contributed by atoms with Gasteiger partial charge in [0.15, 0.2) is 4.90 Å². The normalized spacial score (nSPS) is 11.1. The van der Waals surface area contributed by atoms with E-state index in [1.165, 1.54) is 31.4 Å². The first-order valence-electron chi connectivity index (χ1n) is 6.38. The molecule has 0 radical (unpaired) electrons. The Morgan fingerprint density at radius 3 is 2.13 bits per heavy atom. The average Bonchev–Trinajstić information content (AvgIpc) is 2.48. The minimum Gasteiger partial charge on any atom is -0.469 e. The number of benzene rings is 2. The van der Waals surface area contributed by atoms with Crippen molar-refractivity contribution in [3.05, 3.63) is 59.7 Å². The third kappa shape index (κ3) is 4.04. The molecule has 23 heavy (non-hydrogen) atoms. The lowest BCUT2D eigenvalue weighted by atomic mass is 10.1. The van der Waals surface area contributed by atoms with Gasteiger partial charge in [-0.15, -0.1) is 0 Å². The molecule has 0 aliphatic rings. The minimum absolute atomic E-state index is 0.00543. The molecule has 2 aromatic carbocycles. The molecule has 0 unspecified atom stereocenters. The minimum atomic E-state index is -4.66. The van der Waals surface area contributed by atoms with Gasteiger partial charge in [0.2, 0.25) is 0 Å². The molecule has 2 aromatic rings. The van der Waals surface area contributed by atoms with Crippen LogP contribution in [0.4, 0.5) is 8.78 Å². The van der Waals surface area contributed by atoms with Crippen LogP contribution in [0, 0.1) is 11.6 Å². The lowest BCUT2D eigenvalue weighted by Gasteiger charge is -2.09. The molecule has 0 saturated heterocycles. The predicted octanol–water partition coefficient (Wildman–Crippen LogP) is 2.45. The van der Waals surface area contributed by atoms with Gasteiger partial charge in [0.25, 0.3) is 0 Å². The predicted molar refractivity (Wildman–Crippen MR) is 76.3 cm³/mol. The molecule has 0 spiro atoms. The van der Waals surface area contributed by atoms with Gasteiger partial charge in [-0.2, -0.15) is 8.42 Å². The molecule has 122 valence electrons. The van der Waals surface area contributed by atoms with Crippen molar-refractivity contribution < 1.29 is 30.9 Å². The molecule has 2 rings (SSSR count). The molecule has 0 aliphatic heterocycles. The van der Waals surface area contributed by atoms with Crippen LogP contribution in [0.2, 0.25) is 0 Å². The van der Waals surface area contributed by atoms with Crippen molar-refractivity contribution in [3.8, 4) is 5.75 Å². The van der Waals surface area contributed by atoms with Gasteiger partial charge >= 0.3 is 16.1 Å². The van der Waals surface area contributed by atoms with Crippen LogP contribution in [0.1, 0.15) is 5.56 Å². The Bertz CT molecular complexity index is 796. The van der Waals surface area contributed by atoms with Crippen molar-refractivity contribution in [1.82, 2.24) is 0 Å². The number of hydrogen-bond donors (Lipinski definition) is 0. The standard InChI is InChI=1S/C15H12F2O5S/c1-21-14(18)9-10-5-7-11(8-6-10)22-23(19,20)15-12(16)3-2-4-13(15)17/h2-8H,9H2,1H3. The van der Waals surface area contributed by atoms with E-state index in [1.807, 2.05) is 0 Å². The maximum absolute atomic E-state index is 13.5. The fraction of sp³-hybridized carbons (Fsp3) is 0.133. The summed E-state index contributed by atoms with van der Waals surface area (Å²) in [4.78, 5) is 9.97. The topological polar surface area (TPSA) is 69.7 Å². The van der Waals surface area contributed by atoms with Gasteiger partial charge in [-0.3, -0.25) is 4.79 Å². The van der Waals surface area contributed by atoms with Crippen LogP contribution in [0.15, 0.2) is 47.4 Å². The van der Waals surface area contributed by atoms with Crippen LogP contribution in [-0.2, 0) is 26.1 Å². The van der Waals surface area contributed by atoms with Crippen LogP contribution < -0.4 is 4.18 Å². The van der Waals surface area contributed by atoms with Gasteiger partial charge in [-0.25, -0.2) is 8.78 Å². The van der Waals surface area contributed by atoms with Crippen molar-refractivity contribution in [2.75, 3.05) is 7.11 Å². The van der Waals surface area contributed by atoms with Crippen LogP contribution in [0.3, 0.4) is 0 Å². The SMILES string of the molecule is COC(=O)Cc1ccc(OS(=O)(=O)c2c(F)cccc2F)cc1. The molecule has 0 heterocycles. The number of rotatable bonds is 5. The van der Waals surface area contributed by atoms with E-state index in [1.54, 1.807) is 0 Å². The molecule has 0 aromatic heterocycles. The van der Waals surface area contributed by atoms with Gasteiger partial charge in [0.05, 0.1) is 13.5 Å². The maximum Gasteiger partial charge on any atom is 0.345 e. The first kappa shape index (κ1) is 16.9. The number of esters is 1. The van der Waals surface area contributed by atoms with E-state index in [9.17, 15) is 22.0 Å². The zero-order valence-corrected chi connectivity index (χ0v) is 12.8. The molecule has 5 nitrogen and oxygen atoms in total. The summed E-state index contributed by atoms with van der Waals surface area (Å²) in [5, 5.41) is 0. The van der Waals surface area contributed by atoms with E-state index >= 15 is 0 Å². The zero-order chi connectivity index (χ0) is 17.0. The Morgan fingerprint density at radius 2 is 1.61 bits per heavy atom. The molecule has 0 aliphatic carbocycles. The Hall–Kier alpha value is -2.48. The average molecular weight is 342 g/mol. The number of ether oxygens (including phenoxy) is 1. The summed E-state index contributed by atoms with van der Waals surface area (Å²) in [7, 11) is -3.41. The van der Waals surface area contributed by atoms with Crippen molar-refractivity contribution in [1.29, 1.82) is 0 Å². The summed E-state index contributed by atoms with van der Waals surface area (Å²) >= 11 is 0. The fourth-order valence-corrected chi connectivity index (χ4v) is 2.85. The molecule has 0 atom stereocenters. The number of hydrogen-bond acceptors (Lipinski definition) is 5. The van der Waals surface area contributed by atoms with Crippen molar-refractivity contribution >= 4 is 16.1 Å². The van der Waals surface area contributed by atoms with Gasteiger partial charge in [-0.1, -0.05) is 18.2 Å². The molecular formula is C15H12F2O5S. The van der Waals surface area contributed by atoms with Crippen molar-refractivity contribution in [2.24, 2.45) is 0 Å². The monoisotopic (exact) mass is 342 g/mol. The van der Waals surface area contributed by atoms with E-state index in [4.69, 9.17) is 4.18 Å². The molecule has 0 N–H and O–H groups in total. The van der Waals surface area contributed by atoms with Crippen LogP contribution in [-0.4, -0.2) is 21.5 Å². The van der Waals surface area contributed by atoms with Crippen LogP contribution in [0.25, 0.3) is 0 Å². The third-order valence-electron chi connectivity index (χ3n) is 2.87. The highest BCUT2D eigenvalue weighted by atomic mass is 32.2. The summed E-state index contributed by atoms with van der Waals surface area (Å²) in [6.45, 7) is 0. The molecule has 0 bridgehead atoms. The second-order valence-electron chi connectivity index (χ2n) is 4.49. The van der Waals surface area contributed by atoms with Crippen LogP contribution in [0.5, 0.6) is 5.75 Å². The van der Waals surface area contributed by atoms with Crippen molar-refractivity contribution in [2.45, 2.75) is 11.3 Å². The Morgan fingerprint density at radius 1 is 1.04 bits per heavy atom. The van der Waals surface area contributed by atoms with E-state index < -0.39 is 32.6 Å². The molecule has 0 fully saturated rings. The smallest absolute Gasteiger partial charge is 0.345 e. The van der Waals surface area contributed by atoms with Crippen LogP contribution >= 0.6 is 0 Å². The Balaban J connectivity index is 2.23. The maximum atomic E-state index is 13.5. The summed E-state index contributed by atoms with van der Waals surface area (Å²) in [6, 6.07) is 8.12. The lowest BCUT2D eigenvalue weighted by Crippen LogP contribution is -2.13. The van der Waals surface area contributed by atoms with E-state index in [0.29, 0.717) is 5.56 Å². The first-order chi connectivity index (χ1) is 10.8. The molecule has 8 heteroatoms. The highest BCUT2D eigenvalue weighted by Crippen LogP contribution is 2.23. The quantitative estimate of drug-likeness (QED) is 0.617. The number of methoxy groups -OCH3 is 1. The second kappa shape index (κ2) is 6.74. The number of carbonyl (C=O) groups is 1. The summed E-state index contributed by atoms with van der Waals surface area (Å²) in [5.41, 5.74) is 0.568. The number of halogens is 2. The van der Waals surface area contributed by atoms with Gasteiger partial charge in [-0.05, 0) is 29.8 Å². The van der Waals surface area contributed by atoms with E-state index in [2.05, 4.69) is 4.74 Å². The van der Waals surface area contributed by atoms with Gasteiger partial charge in [0.1, 0.15) is 17.4 Å². The third-order valence-corrected chi connectivity index (χ3v) is 4.18. The van der Waals surface area contributed by atoms with Gasteiger partial charge in [0, 0.05) is 0 Å². The zero-order valence-electron chi connectivity index (χ0n) is 12.0. The summed E-state index contributed by atoms with van der Waals surface area (Å²) in [6.07, 6.45) is 0.00543. The number of carbonyl (C=O) groups excluding carboxylic acids is 1. The van der Waals surface area contributed by atoms with Crippen molar-refractivity contribution in [3.63, 3.8) is 0 Å². The van der Waals surface area contributed by atoms with E-state index in [-0.39, 0.29) is 12.2 Å². The highest BCUT2D eigenvalue weighted by molar-refractivity contribution is 7.87. The highest BCUT2D eigenvalue weighted by Gasteiger charge is 2.26. The first-order valence-corrected chi connectivity index (χ1v) is 7.78. The summed E-state index contributed by atoms with van der Waals surface area (Å²) in [5.74, 6) is -3.08. The molecule has 0 amide bonds. The lowest BCUT2D eigenvalue weighted by molar-refractivity contribution is -0.139. The fourth-order valence-electron chi connectivity index (χ4n) is 1.79. The Kier molecular flexibility index (Phi) is 4.95. The summed E-state index contributed by atoms with van der Waals surface area (Å²) < 4.78 is 60.3. The molecular weight excluding hydrogens is 330 g/mol. The van der Waals surface area contributed by atoms with Gasteiger partial charge < -0.3 is 8.92 Å². The second-order valence-corrected chi connectivity index (χ2v) is 5.97. The Labute approximate surface area is 131 Å². The largest absolute Gasteiger partial charge is 0.469 e. The molecule has 0 saturated carbocycles.